The fourth-order valence-electron chi connectivity index (χ4n) is 1.87. The van der Waals surface area contributed by atoms with Crippen LogP contribution in [0.2, 0.25) is 0 Å². The molecule has 10 heteroatoms. The maximum Gasteiger partial charge on any atom is 0.490 e. The summed E-state index contributed by atoms with van der Waals surface area (Å²) >= 11 is 0. The molecule has 0 aliphatic carbocycles. The number of carbonyl (C=O) groups is 2. The zero-order valence-electron chi connectivity index (χ0n) is 12.4. The number of aromatic hydroxyl groups is 1. The number of hydrogen-bond acceptors (Lipinski definition) is 5. The minimum absolute atomic E-state index is 0.0595. The van der Waals surface area contributed by atoms with Gasteiger partial charge in [0.1, 0.15) is 11.3 Å². The summed E-state index contributed by atoms with van der Waals surface area (Å²) in [5.41, 5.74) is 0.852. The summed E-state index contributed by atoms with van der Waals surface area (Å²) < 4.78 is 37.0. The highest BCUT2D eigenvalue weighted by molar-refractivity contribution is 5.90. The van der Waals surface area contributed by atoms with Gasteiger partial charge in [0, 0.05) is 19.6 Å². The zero-order chi connectivity index (χ0) is 18.3. The lowest BCUT2D eigenvalue weighted by Gasteiger charge is -2.26. The Bertz CT molecular complexity index is 584. The fraction of sp³-hybridized carbons (Fsp3) is 0.429. The molecule has 1 fully saturated rings. The number of rotatable bonds is 3. The molecule has 0 bridgehead atoms. The van der Waals surface area contributed by atoms with Crippen molar-refractivity contribution in [1.29, 1.82) is 0 Å². The molecule has 1 aromatic carbocycles. The van der Waals surface area contributed by atoms with E-state index in [1.54, 1.807) is 6.07 Å². The van der Waals surface area contributed by atoms with E-state index in [2.05, 4.69) is 4.90 Å². The molecule has 2 rings (SSSR count). The number of morpholine rings is 1. The van der Waals surface area contributed by atoms with Crippen molar-refractivity contribution in [2.45, 2.75) is 12.7 Å². The van der Waals surface area contributed by atoms with Crippen molar-refractivity contribution in [2.24, 2.45) is 0 Å². The quantitative estimate of drug-likeness (QED) is 0.758. The van der Waals surface area contributed by atoms with Crippen LogP contribution < -0.4 is 0 Å². The van der Waals surface area contributed by atoms with Crippen molar-refractivity contribution >= 4 is 11.9 Å². The Hall–Kier alpha value is -2.33. The second kappa shape index (κ2) is 8.50. The van der Waals surface area contributed by atoms with E-state index in [0.717, 1.165) is 31.9 Å². The predicted molar refractivity (Wildman–Crippen MR) is 74.9 cm³/mol. The van der Waals surface area contributed by atoms with Gasteiger partial charge in [-0.3, -0.25) is 4.90 Å². The molecule has 1 aromatic rings. The molecular weight excluding hydrogens is 335 g/mol. The first-order valence-corrected chi connectivity index (χ1v) is 6.76. The Morgan fingerprint density at radius 2 is 1.71 bits per heavy atom. The van der Waals surface area contributed by atoms with Gasteiger partial charge in [-0.25, -0.2) is 9.59 Å². The van der Waals surface area contributed by atoms with E-state index in [1.807, 2.05) is 0 Å². The number of carboxylic acids is 2. The van der Waals surface area contributed by atoms with Crippen LogP contribution in [0.15, 0.2) is 18.2 Å². The Kier molecular flexibility index (Phi) is 6.98. The average molecular weight is 351 g/mol. The monoisotopic (exact) mass is 351 g/mol. The van der Waals surface area contributed by atoms with Crippen molar-refractivity contribution in [3.05, 3.63) is 29.3 Å². The Labute approximate surface area is 134 Å². The molecule has 0 atom stereocenters. The lowest BCUT2D eigenvalue weighted by atomic mass is 10.1. The van der Waals surface area contributed by atoms with Crippen molar-refractivity contribution in [3.63, 3.8) is 0 Å². The molecule has 1 heterocycles. The lowest BCUT2D eigenvalue weighted by molar-refractivity contribution is -0.192. The third kappa shape index (κ3) is 6.42. The van der Waals surface area contributed by atoms with Gasteiger partial charge in [0.15, 0.2) is 0 Å². The van der Waals surface area contributed by atoms with Crippen LogP contribution in [0.3, 0.4) is 0 Å². The number of aromatic carboxylic acids is 1. The molecule has 134 valence electrons. The first-order valence-electron chi connectivity index (χ1n) is 6.76. The van der Waals surface area contributed by atoms with Gasteiger partial charge in [-0.15, -0.1) is 0 Å². The number of phenols is 1. The van der Waals surface area contributed by atoms with Crippen molar-refractivity contribution in [3.8, 4) is 5.75 Å². The van der Waals surface area contributed by atoms with Gasteiger partial charge in [-0.1, -0.05) is 6.07 Å². The predicted octanol–water partition coefficient (Wildman–Crippen LogP) is 1.56. The lowest BCUT2D eigenvalue weighted by Crippen LogP contribution is -2.35. The summed E-state index contributed by atoms with van der Waals surface area (Å²) in [5, 5.41) is 25.5. The number of nitrogens with zero attached hydrogens (tertiary/aromatic N) is 1. The normalized spacial score (nSPS) is 15.3. The summed E-state index contributed by atoms with van der Waals surface area (Å²) in [6, 6.07) is 4.69. The van der Waals surface area contributed by atoms with Crippen LogP contribution in [0.5, 0.6) is 5.75 Å². The van der Waals surface area contributed by atoms with Crippen LogP contribution >= 0.6 is 0 Å². The van der Waals surface area contributed by atoms with Gasteiger partial charge >= 0.3 is 18.1 Å². The molecule has 7 nitrogen and oxygen atoms in total. The van der Waals surface area contributed by atoms with E-state index in [-0.39, 0.29) is 11.3 Å². The van der Waals surface area contributed by atoms with Crippen LogP contribution in [-0.4, -0.2) is 64.6 Å². The Morgan fingerprint density at radius 3 is 2.12 bits per heavy atom. The van der Waals surface area contributed by atoms with Gasteiger partial charge in [0.2, 0.25) is 0 Å². The third-order valence-electron chi connectivity index (χ3n) is 3.04. The van der Waals surface area contributed by atoms with E-state index >= 15 is 0 Å². The molecule has 0 amide bonds. The number of ether oxygens (including phenoxy) is 1. The van der Waals surface area contributed by atoms with Gasteiger partial charge in [-0.05, 0) is 17.7 Å². The van der Waals surface area contributed by atoms with Crippen molar-refractivity contribution in [2.75, 3.05) is 26.3 Å². The molecule has 0 aromatic heterocycles. The average Bonchev–Trinajstić information content (AvgIpc) is 2.47. The summed E-state index contributed by atoms with van der Waals surface area (Å²) in [4.78, 5) is 21.8. The molecular formula is C14H16F3NO6. The van der Waals surface area contributed by atoms with E-state index in [9.17, 15) is 23.1 Å². The number of alkyl halides is 3. The maximum atomic E-state index is 10.7. The molecule has 0 spiro atoms. The summed E-state index contributed by atoms with van der Waals surface area (Å²) in [6.07, 6.45) is -5.08. The second-order valence-electron chi connectivity index (χ2n) is 4.85. The molecule has 24 heavy (non-hydrogen) atoms. The van der Waals surface area contributed by atoms with Gasteiger partial charge in [0.25, 0.3) is 0 Å². The van der Waals surface area contributed by atoms with E-state index in [1.165, 1.54) is 12.1 Å². The number of hydrogen-bond donors (Lipinski definition) is 3. The summed E-state index contributed by atoms with van der Waals surface area (Å²) in [5.74, 6) is -4.05. The molecule has 0 saturated carbocycles. The first kappa shape index (κ1) is 19.7. The number of halogens is 3. The van der Waals surface area contributed by atoms with Gasteiger partial charge < -0.3 is 20.1 Å². The largest absolute Gasteiger partial charge is 0.507 e. The van der Waals surface area contributed by atoms with Crippen molar-refractivity contribution in [1.82, 2.24) is 4.90 Å². The zero-order valence-corrected chi connectivity index (χ0v) is 12.4. The topological polar surface area (TPSA) is 107 Å². The molecule has 1 aliphatic heterocycles. The van der Waals surface area contributed by atoms with Gasteiger partial charge in [0.05, 0.1) is 13.2 Å². The fourth-order valence-corrected chi connectivity index (χ4v) is 1.87. The highest BCUT2D eigenvalue weighted by Gasteiger charge is 2.38. The van der Waals surface area contributed by atoms with Crippen LogP contribution in [0, 0.1) is 0 Å². The highest BCUT2D eigenvalue weighted by atomic mass is 19.4. The minimum Gasteiger partial charge on any atom is -0.507 e. The number of aliphatic carboxylic acids is 1. The van der Waals surface area contributed by atoms with Crippen LogP contribution in [0.25, 0.3) is 0 Å². The molecule has 3 N–H and O–H groups in total. The molecule has 0 unspecified atom stereocenters. The van der Waals surface area contributed by atoms with Crippen LogP contribution in [-0.2, 0) is 16.1 Å². The minimum atomic E-state index is -5.08. The maximum absolute atomic E-state index is 10.7. The van der Waals surface area contributed by atoms with E-state index < -0.39 is 18.1 Å². The smallest absolute Gasteiger partial charge is 0.490 e. The standard InChI is InChI=1S/C12H15NO4.C2HF3O2/c14-11-7-9(1-2-10(11)12(15)16)8-13-3-5-17-6-4-13;3-2(4,5)1(6)7/h1-2,7,14H,3-6,8H2,(H,15,16);(H,6,7). The van der Waals surface area contributed by atoms with Crippen LogP contribution in [0.4, 0.5) is 13.2 Å². The van der Waals surface area contributed by atoms with E-state index in [4.69, 9.17) is 19.7 Å². The van der Waals surface area contributed by atoms with Crippen LogP contribution in [0.1, 0.15) is 15.9 Å². The van der Waals surface area contributed by atoms with Crippen molar-refractivity contribution < 1.29 is 42.8 Å². The first-order chi connectivity index (χ1) is 11.1. The summed E-state index contributed by atoms with van der Waals surface area (Å²) in [6.45, 7) is 3.87. The molecule has 1 saturated heterocycles. The Morgan fingerprint density at radius 1 is 1.17 bits per heavy atom. The molecule has 0 radical (unpaired) electrons. The third-order valence-corrected chi connectivity index (χ3v) is 3.04. The number of carboxylic acid groups (broad SMARTS) is 2. The van der Waals surface area contributed by atoms with E-state index in [0.29, 0.717) is 6.54 Å². The second-order valence-corrected chi connectivity index (χ2v) is 4.85. The SMILES string of the molecule is O=C(O)C(F)(F)F.O=C(O)c1ccc(CN2CCOCC2)cc1O. The summed E-state index contributed by atoms with van der Waals surface area (Å²) in [7, 11) is 0. The molecule has 1 aliphatic rings. The van der Waals surface area contributed by atoms with Gasteiger partial charge in [-0.2, -0.15) is 13.2 Å². The number of benzene rings is 1. The highest BCUT2D eigenvalue weighted by Crippen LogP contribution is 2.20. The Balaban J connectivity index is 0.000000351.